The zero-order valence-electron chi connectivity index (χ0n) is 16.3. The number of hydrogen-bond donors (Lipinski definition) is 1. The van der Waals surface area contributed by atoms with Crippen molar-refractivity contribution in [2.75, 3.05) is 26.2 Å². The third-order valence-electron chi connectivity index (χ3n) is 6.85. The van der Waals surface area contributed by atoms with Crippen LogP contribution in [0.3, 0.4) is 0 Å². The average molecular weight is 407 g/mol. The summed E-state index contributed by atoms with van der Waals surface area (Å²) in [6.45, 7) is 1.90. The average Bonchev–Trinajstić information content (AvgIpc) is 2.73. The maximum absolute atomic E-state index is 13.2. The summed E-state index contributed by atoms with van der Waals surface area (Å²) in [6, 6.07) is 8.45. The van der Waals surface area contributed by atoms with Crippen LogP contribution in [0.1, 0.15) is 44.9 Å². The van der Waals surface area contributed by atoms with Crippen molar-refractivity contribution in [3.05, 3.63) is 30.3 Å². The molecule has 1 saturated carbocycles. The molecule has 1 aromatic carbocycles. The largest absolute Gasteiger partial charge is 0.389 e. The summed E-state index contributed by atoms with van der Waals surface area (Å²) >= 11 is 0. The molecule has 154 valence electrons. The van der Waals surface area contributed by atoms with E-state index in [4.69, 9.17) is 0 Å². The summed E-state index contributed by atoms with van der Waals surface area (Å²) in [5.41, 5.74) is -0.607. The van der Waals surface area contributed by atoms with Gasteiger partial charge >= 0.3 is 0 Å². The molecule has 2 saturated heterocycles. The van der Waals surface area contributed by atoms with Crippen LogP contribution in [0.25, 0.3) is 0 Å². The Kier molecular flexibility index (Phi) is 5.51. The molecule has 0 spiro atoms. The van der Waals surface area contributed by atoms with Gasteiger partial charge in [-0.15, -0.1) is 0 Å². The first-order chi connectivity index (χ1) is 13.4. The number of hydrogen-bond acceptors (Lipinski definition) is 4. The van der Waals surface area contributed by atoms with E-state index < -0.39 is 15.6 Å². The van der Waals surface area contributed by atoms with Crippen LogP contribution in [0.5, 0.6) is 0 Å². The Bertz CT molecular complexity index is 813. The van der Waals surface area contributed by atoms with Crippen molar-refractivity contribution >= 4 is 15.9 Å². The number of carbonyl (C=O) groups is 1. The molecule has 1 aromatic rings. The van der Waals surface area contributed by atoms with Gasteiger partial charge in [0.05, 0.1) is 16.4 Å². The van der Waals surface area contributed by atoms with E-state index >= 15 is 0 Å². The lowest BCUT2D eigenvalue weighted by Crippen LogP contribution is -2.56. The Labute approximate surface area is 167 Å². The van der Waals surface area contributed by atoms with E-state index in [9.17, 15) is 18.3 Å². The summed E-state index contributed by atoms with van der Waals surface area (Å²) in [6.07, 6.45) is 6.06. The fourth-order valence-electron chi connectivity index (χ4n) is 5.13. The second-order valence-corrected chi connectivity index (χ2v) is 10.5. The summed E-state index contributed by atoms with van der Waals surface area (Å²) in [5, 5.41) is 10.9. The highest BCUT2D eigenvalue weighted by atomic mass is 32.2. The van der Waals surface area contributed by atoms with Crippen LogP contribution in [0.2, 0.25) is 0 Å². The molecule has 0 radical (unpaired) electrons. The number of fused-ring (bicyclic) bond motifs is 1. The van der Waals surface area contributed by atoms with Crippen LogP contribution in [0, 0.1) is 11.8 Å². The van der Waals surface area contributed by atoms with Crippen molar-refractivity contribution in [3.63, 3.8) is 0 Å². The number of benzene rings is 1. The van der Waals surface area contributed by atoms with Crippen molar-refractivity contribution in [3.8, 4) is 0 Å². The number of carbonyl (C=O) groups excluding carboxylic acids is 1. The van der Waals surface area contributed by atoms with Gasteiger partial charge in [0.15, 0.2) is 0 Å². The van der Waals surface area contributed by atoms with Gasteiger partial charge in [-0.3, -0.25) is 4.79 Å². The van der Waals surface area contributed by atoms with Crippen molar-refractivity contribution < 1.29 is 18.3 Å². The van der Waals surface area contributed by atoms with Gasteiger partial charge < -0.3 is 10.0 Å². The lowest BCUT2D eigenvalue weighted by molar-refractivity contribution is -0.148. The molecule has 3 atom stereocenters. The molecule has 7 heteroatoms. The van der Waals surface area contributed by atoms with E-state index in [0.29, 0.717) is 32.5 Å². The normalized spacial score (nSPS) is 32.0. The van der Waals surface area contributed by atoms with Crippen LogP contribution in [-0.4, -0.2) is 60.4 Å². The van der Waals surface area contributed by atoms with Gasteiger partial charge in [0.1, 0.15) is 0 Å². The Balaban J connectivity index is 1.44. The van der Waals surface area contributed by atoms with E-state index in [1.54, 1.807) is 30.3 Å². The number of amides is 1. The molecule has 0 bridgehead atoms. The van der Waals surface area contributed by atoms with Crippen molar-refractivity contribution in [2.45, 2.75) is 55.4 Å². The molecule has 4 rings (SSSR count). The standard InChI is InChI=1S/C21H30N2O4S/c24-20(22-14-12-21(25)11-5-4-8-18(21)16-22)17-7-6-13-23(15-17)28(26,27)19-9-2-1-3-10-19/h1-3,9-10,17-18,25H,4-8,11-16H2/t17-,18-,21-/m0/s1. The predicted molar refractivity (Wildman–Crippen MR) is 106 cm³/mol. The predicted octanol–water partition coefficient (Wildman–Crippen LogP) is 2.24. The minimum atomic E-state index is -3.57. The second-order valence-electron chi connectivity index (χ2n) is 8.60. The lowest BCUT2D eigenvalue weighted by atomic mass is 9.71. The number of piperidine rings is 2. The van der Waals surface area contributed by atoms with E-state index in [1.807, 2.05) is 4.90 Å². The van der Waals surface area contributed by atoms with E-state index in [1.165, 1.54) is 4.31 Å². The van der Waals surface area contributed by atoms with Gasteiger partial charge in [0.2, 0.25) is 15.9 Å². The second kappa shape index (κ2) is 7.76. The maximum atomic E-state index is 13.2. The third-order valence-corrected chi connectivity index (χ3v) is 8.73. The third kappa shape index (κ3) is 3.72. The highest BCUT2D eigenvalue weighted by Crippen LogP contribution is 2.40. The van der Waals surface area contributed by atoms with Crippen LogP contribution >= 0.6 is 0 Å². The Morgan fingerprint density at radius 1 is 1.00 bits per heavy atom. The van der Waals surface area contributed by atoms with Crippen molar-refractivity contribution in [1.82, 2.24) is 9.21 Å². The zero-order chi connectivity index (χ0) is 19.8. The molecule has 28 heavy (non-hydrogen) atoms. The van der Waals surface area contributed by atoms with Gasteiger partial charge in [0, 0.05) is 32.1 Å². The van der Waals surface area contributed by atoms with Gasteiger partial charge in [0.25, 0.3) is 0 Å². The molecule has 0 unspecified atom stereocenters. The molecule has 3 fully saturated rings. The molecule has 1 N–H and O–H groups in total. The molecule has 1 aliphatic carbocycles. The first-order valence-electron chi connectivity index (χ1n) is 10.5. The quantitative estimate of drug-likeness (QED) is 0.835. The van der Waals surface area contributed by atoms with Crippen molar-refractivity contribution in [1.29, 1.82) is 0 Å². The van der Waals surface area contributed by atoms with Gasteiger partial charge in [-0.1, -0.05) is 31.0 Å². The minimum absolute atomic E-state index is 0.0561. The number of likely N-dealkylation sites (tertiary alicyclic amines) is 1. The molecule has 2 heterocycles. The molecular formula is C21H30N2O4S. The number of rotatable bonds is 3. The fourth-order valence-corrected chi connectivity index (χ4v) is 6.68. The molecular weight excluding hydrogens is 376 g/mol. The summed E-state index contributed by atoms with van der Waals surface area (Å²) < 4.78 is 27.3. The topological polar surface area (TPSA) is 77.9 Å². The van der Waals surface area contributed by atoms with Crippen molar-refractivity contribution in [2.24, 2.45) is 11.8 Å². The van der Waals surface area contributed by atoms with E-state index in [2.05, 4.69) is 0 Å². The summed E-state index contributed by atoms with van der Waals surface area (Å²) in [4.78, 5) is 15.3. The zero-order valence-corrected chi connectivity index (χ0v) is 17.1. The summed E-state index contributed by atoms with van der Waals surface area (Å²) in [7, 11) is -3.57. The molecule has 2 aliphatic heterocycles. The van der Waals surface area contributed by atoms with Crippen LogP contribution < -0.4 is 0 Å². The molecule has 1 amide bonds. The first kappa shape index (κ1) is 19.9. The lowest BCUT2D eigenvalue weighted by Gasteiger charge is -2.48. The van der Waals surface area contributed by atoms with Crippen LogP contribution in [0.15, 0.2) is 35.2 Å². The first-order valence-corrected chi connectivity index (χ1v) is 11.9. The number of sulfonamides is 1. The molecule has 3 aliphatic rings. The fraction of sp³-hybridized carbons (Fsp3) is 0.667. The van der Waals surface area contributed by atoms with Gasteiger partial charge in [-0.25, -0.2) is 8.42 Å². The maximum Gasteiger partial charge on any atom is 0.243 e. The smallest absolute Gasteiger partial charge is 0.243 e. The highest BCUT2D eigenvalue weighted by Gasteiger charge is 2.45. The number of nitrogens with zero attached hydrogens (tertiary/aromatic N) is 2. The Hall–Kier alpha value is -1.44. The summed E-state index contributed by atoms with van der Waals surface area (Å²) in [5.74, 6) is -0.0747. The van der Waals surface area contributed by atoms with E-state index in [0.717, 1.165) is 32.1 Å². The molecule has 0 aromatic heterocycles. The van der Waals surface area contributed by atoms with Gasteiger partial charge in [-0.2, -0.15) is 4.31 Å². The Morgan fingerprint density at radius 3 is 2.57 bits per heavy atom. The number of aliphatic hydroxyl groups is 1. The van der Waals surface area contributed by atoms with E-state index in [-0.39, 0.29) is 29.2 Å². The SMILES string of the molecule is O=C([C@H]1CCCN(S(=O)(=O)c2ccccc2)C1)N1CC[C@@]2(O)CCCC[C@H]2C1. The molecule has 6 nitrogen and oxygen atoms in total. The Morgan fingerprint density at radius 2 is 1.79 bits per heavy atom. The van der Waals surface area contributed by atoms with Crippen LogP contribution in [-0.2, 0) is 14.8 Å². The minimum Gasteiger partial charge on any atom is -0.389 e. The highest BCUT2D eigenvalue weighted by molar-refractivity contribution is 7.89. The van der Waals surface area contributed by atoms with Gasteiger partial charge in [-0.05, 0) is 44.2 Å². The monoisotopic (exact) mass is 406 g/mol. The van der Waals surface area contributed by atoms with Crippen LogP contribution in [0.4, 0.5) is 0 Å².